The number of methoxy groups -OCH3 is 1. The molecule has 1 atom stereocenters. The van der Waals surface area contributed by atoms with Gasteiger partial charge in [0.1, 0.15) is 11.5 Å². The van der Waals surface area contributed by atoms with Gasteiger partial charge in [0.15, 0.2) is 0 Å². The minimum Gasteiger partial charge on any atom is -0.507 e. The van der Waals surface area contributed by atoms with Crippen molar-refractivity contribution >= 4 is 0 Å². The predicted octanol–water partition coefficient (Wildman–Crippen LogP) is 3.49. The van der Waals surface area contributed by atoms with Crippen LogP contribution in [-0.4, -0.2) is 18.8 Å². The summed E-state index contributed by atoms with van der Waals surface area (Å²) < 4.78 is 5.13. The molecule has 2 N–H and O–H groups in total. The molecule has 3 nitrogen and oxygen atoms in total. The van der Waals surface area contributed by atoms with Crippen molar-refractivity contribution in [2.24, 2.45) is 17.8 Å². The molecule has 2 saturated carbocycles. The van der Waals surface area contributed by atoms with Crippen LogP contribution < -0.4 is 10.1 Å². The van der Waals surface area contributed by atoms with Crippen LogP contribution in [0.3, 0.4) is 0 Å². The van der Waals surface area contributed by atoms with Crippen molar-refractivity contribution in [2.75, 3.05) is 13.7 Å². The van der Waals surface area contributed by atoms with Gasteiger partial charge in [0.2, 0.25) is 0 Å². The molecule has 2 fully saturated rings. The Bertz CT molecular complexity index is 454. The van der Waals surface area contributed by atoms with Crippen molar-refractivity contribution in [1.29, 1.82) is 0 Å². The Balaban J connectivity index is 1.59. The van der Waals surface area contributed by atoms with Crippen LogP contribution in [0, 0.1) is 17.8 Å². The molecule has 0 amide bonds. The fraction of sp³-hybridized carbons (Fsp3) is 0.647. The van der Waals surface area contributed by atoms with E-state index in [0.29, 0.717) is 11.5 Å². The molecule has 3 rings (SSSR count). The predicted molar refractivity (Wildman–Crippen MR) is 80.0 cm³/mol. The topological polar surface area (TPSA) is 41.5 Å². The summed E-state index contributed by atoms with van der Waals surface area (Å²) in [6.45, 7) is 3.21. The van der Waals surface area contributed by atoms with Gasteiger partial charge in [-0.1, -0.05) is 6.07 Å². The largest absolute Gasteiger partial charge is 0.507 e. The molecule has 20 heavy (non-hydrogen) atoms. The van der Waals surface area contributed by atoms with Crippen LogP contribution >= 0.6 is 0 Å². The number of rotatable bonds is 7. The molecular formula is C17H25NO2. The van der Waals surface area contributed by atoms with Crippen molar-refractivity contribution in [3.63, 3.8) is 0 Å². The molecule has 0 aromatic heterocycles. The molecule has 0 heterocycles. The van der Waals surface area contributed by atoms with Crippen LogP contribution in [0.25, 0.3) is 0 Å². The highest BCUT2D eigenvalue weighted by molar-refractivity contribution is 5.41. The normalized spacial score (nSPS) is 20.1. The van der Waals surface area contributed by atoms with Gasteiger partial charge in [-0.2, -0.15) is 0 Å². The molecule has 1 aromatic carbocycles. The third kappa shape index (κ3) is 3.09. The van der Waals surface area contributed by atoms with Crippen molar-refractivity contribution in [3.05, 3.63) is 23.8 Å². The van der Waals surface area contributed by atoms with Gasteiger partial charge in [-0.05, 0) is 63.0 Å². The van der Waals surface area contributed by atoms with E-state index in [-0.39, 0.29) is 6.04 Å². The van der Waals surface area contributed by atoms with Crippen molar-refractivity contribution < 1.29 is 9.84 Å². The Morgan fingerprint density at radius 1 is 1.25 bits per heavy atom. The standard InChI is InChI=1S/C17H25NO2/c1-11(15-8-7-14(20-2)9-17(15)19)18-10-16(12-3-4-12)13-5-6-13/h7-9,11-13,16,18-19H,3-6,10H2,1-2H3. The van der Waals surface area contributed by atoms with Crippen LogP contribution in [0.2, 0.25) is 0 Å². The summed E-state index contributed by atoms with van der Waals surface area (Å²) >= 11 is 0. The van der Waals surface area contributed by atoms with E-state index in [2.05, 4.69) is 12.2 Å². The highest BCUT2D eigenvalue weighted by Crippen LogP contribution is 2.49. The SMILES string of the molecule is COc1ccc(C(C)NCC(C2CC2)C2CC2)c(O)c1. The zero-order valence-corrected chi connectivity index (χ0v) is 12.4. The van der Waals surface area contributed by atoms with Crippen LogP contribution in [0.1, 0.15) is 44.2 Å². The first-order chi connectivity index (χ1) is 9.69. The van der Waals surface area contributed by atoms with Gasteiger partial charge in [-0.15, -0.1) is 0 Å². The second-order valence-corrected chi connectivity index (χ2v) is 6.39. The first-order valence-corrected chi connectivity index (χ1v) is 7.79. The number of nitrogens with one attached hydrogen (secondary N) is 1. The lowest BCUT2D eigenvalue weighted by Crippen LogP contribution is -2.28. The molecule has 3 heteroatoms. The first-order valence-electron chi connectivity index (χ1n) is 7.79. The number of benzene rings is 1. The van der Waals surface area contributed by atoms with Crippen LogP contribution in [0.4, 0.5) is 0 Å². The molecule has 0 bridgehead atoms. The number of hydrogen-bond donors (Lipinski definition) is 2. The number of ether oxygens (including phenoxy) is 1. The highest BCUT2D eigenvalue weighted by atomic mass is 16.5. The zero-order chi connectivity index (χ0) is 14.1. The molecule has 110 valence electrons. The average Bonchev–Trinajstić information content (AvgIpc) is 3.31. The van der Waals surface area contributed by atoms with Crippen LogP contribution in [0.5, 0.6) is 11.5 Å². The monoisotopic (exact) mass is 275 g/mol. The summed E-state index contributed by atoms with van der Waals surface area (Å²) in [5.41, 5.74) is 0.955. The Morgan fingerprint density at radius 3 is 2.40 bits per heavy atom. The first kappa shape index (κ1) is 13.7. The molecule has 0 spiro atoms. The Hall–Kier alpha value is -1.22. The smallest absolute Gasteiger partial charge is 0.124 e. The van der Waals surface area contributed by atoms with Gasteiger partial charge in [0, 0.05) is 17.7 Å². The van der Waals surface area contributed by atoms with E-state index in [0.717, 1.165) is 29.9 Å². The lowest BCUT2D eigenvalue weighted by molar-refractivity contribution is 0.357. The van der Waals surface area contributed by atoms with E-state index >= 15 is 0 Å². The lowest BCUT2D eigenvalue weighted by Gasteiger charge is -2.21. The van der Waals surface area contributed by atoms with E-state index < -0.39 is 0 Å². The number of phenols is 1. The second kappa shape index (κ2) is 5.65. The Kier molecular flexibility index (Phi) is 3.88. The maximum atomic E-state index is 10.1. The fourth-order valence-corrected chi connectivity index (χ4v) is 3.21. The Morgan fingerprint density at radius 2 is 1.90 bits per heavy atom. The van der Waals surface area contributed by atoms with E-state index in [4.69, 9.17) is 4.74 Å². The minimum atomic E-state index is 0.181. The third-order valence-corrected chi connectivity index (χ3v) is 4.82. The number of phenolic OH excluding ortho intramolecular Hbond substituents is 1. The average molecular weight is 275 g/mol. The minimum absolute atomic E-state index is 0.181. The molecule has 0 aliphatic heterocycles. The summed E-state index contributed by atoms with van der Waals surface area (Å²) in [4.78, 5) is 0. The van der Waals surface area contributed by atoms with E-state index in [1.165, 1.54) is 25.7 Å². The second-order valence-electron chi connectivity index (χ2n) is 6.39. The van der Waals surface area contributed by atoms with Gasteiger partial charge >= 0.3 is 0 Å². The Labute approximate surface area is 121 Å². The lowest BCUT2D eigenvalue weighted by atomic mass is 9.97. The van der Waals surface area contributed by atoms with E-state index in [9.17, 15) is 5.11 Å². The van der Waals surface area contributed by atoms with Crippen LogP contribution in [0.15, 0.2) is 18.2 Å². The summed E-state index contributed by atoms with van der Waals surface area (Å²) in [5.74, 6) is 3.81. The molecule has 1 unspecified atom stereocenters. The molecule has 0 saturated heterocycles. The van der Waals surface area contributed by atoms with Gasteiger partial charge in [0.25, 0.3) is 0 Å². The summed E-state index contributed by atoms with van der Waals surface area (Å²) in [6, 6.07) is 5.73. The number of aromatic hydroxyl groups is 1. The highest BCUT2D eigenvalue weighted by Gasteiger charge is 2.41. The quantitative estimate of drug-likeness (QED) is 0.800. The van der Waals surface area contributed by atoms with Crippen molar-refractivity contribution in [2.45, 2.75) is 38.6 Å². The maximum Gasteiger partial charge on any atom is 0.124 e. The van der Waals surface area contributed by atoms with E-state index in [1.807, 2.05) is 12.1 Å². The van der Waals surface area contributed by atoms with Gasteiger partial charge in [0.05, 0.1) is 7.11 Å². The molecule has 2 aliphatic rings. The summed E-state index contributed by atoms with van der Waals surface area (Å²) in [7, 11) is 1.62. The summed E-state index contributed by atoms with van der Waals surface area (Å²) in [5, 5.41) is 13.7. The molecule has 2 aliphatic carbocycles. The van der Waals surface area contributed by atoms with E-state index in [1.54, 1.807) is 13.2 Å². The fourth-order valence-electron chi connectivity index (χ4n) is 3.21. The molecule has 0 radical (unpaired) electrons. The van der Waals surface area contributed by atoms with Crippen molar-refractivity contribution in [3.8, 4) is 11.5 Å². The maximum absolute atomic E-state index is 10.1. The van der Waals surface area contributed by atoms with Gasteiger partial charge in [-0.25, -0.2) is 0 Å². The molecule has 1 aromatic rings. The number of hydrogen-bond acceptors (Lipinski definition) is 3. The third-order valence-electron chi connectivity index (χ3n) is 4.82. The van der Waals surface area contributed by atoms with Gasteiger partial charge in [-0.3, -0.25) is 0 Å². The van der Waals surface area contributed by atoms with Crippen LogP contribution in [-0.2, 0) is 0 Å². The molecular weight excluding hydrogens is 250 g/mol. The van der Waals surface area contributed by atoms with Gasteiger partial charge < -0.3 is 15.2 Å². The van der Waals surface area contributed by atoms with Crippen molar-refractivity contribution in [1.82, 2.24) is 5.32 Å². The zero-order valence-electron chi connectivity index (χ0n) is 12.4. The summed E-state index contributed by atoms with van der Waals surface area (Å²) in [6.07, 6.45) is 5.69.